The van der Waals surface area contributed by atoms with E-state index in [1.54, 1.807) is 55.5 Å². The number of nitrogens with one attached hydrogen (secondary N) is 1. The standard InChI is InChI=1S/C18H20ClN3O2/c1-12(21-17(23)15-4-6-16(19)7-5-15)18(24)22(3)13(2)14-8-10-20-11-9-14/h4-13H,1-3H3,(H,21,23)/t12-,13-/m0/s1. The second-order valence-corrected chi connectivity index (χ2v) is 6.04. The van der Waals surface area contributed by atoms with Crippen LogP contribution in [-0.2, 0) is 4.79 Å². The van der Waals surface area contributed by atoms with Gasteiger partial charge in [0, 0.05) is 30.0 Å². The molecule has 0 aliphatic heterocycles. The van der Waals surface area contributed by atoms with E-state index >= 15 is 0 Å². The van der Waals surface area contributed by atoms with E-state index in [0.29, 0.717) is 10.6 Å². The van der Waals surface area contributed by atoms with E-state index in [2.05, 4.69) is 10.3 Å². The first-order chi connectivity index (χ1) is 11.4. The minimum atomic E-state index is -0.637. The van der Waals surface area contributed by atoms with Gasteiger partial charge in [0.15, 0.2) is 0 Å². The highest BCUT2D eigenvalue weighted by Crippen LogP contribution is 2.18. The minimum Gasteiger partial charge on any atom is -0.341 e. The lowest BCUT2D eigenvalue weighted by Crippen LogP contribution is -2.46. The third-order valence-corrected chi connectivity index (χ3v) is 4.19. The van der Waals surface area contributed by atoms with E-state index in [4.69, 9.17) is 11.6 Å². The molecule has 1 aromatic heterocycles. The topological polar surface area (TPSA) is 62.3 Å². The molecule has 2 amide bonds. The fraction of sp³-hybridized carbons (Fsp3) is 0.278. The number of rotatable bonds is 5. The number of nitrogens with zero attached hydrogens (tertiary/aromatic N) is 2. The summed E-state index contributed by atoms with van der Waals surface area (Å²) in [4.78, 5) is 30.3. The molecule has 2 aromatic rings. The lowest BCUT2D eigenvalue weighted by Gasteiger charge is -2.28. The molecule has 0 radical (unpaired) electrons. The molecule has 2 atom stereocenters. The summed E-state index contributed by atoms with van der Waals surface area (Å²) in [6.45, 7) is 3.60. The van der Waals surface area contributed by atoms with E-state index in [1.165, 1.54) is 0 Å². The summed E-state index contributed by atoms with van der Waals surface area (Å²) in [5.74, 6) is -0.473. The van der Waals surface area contributed by atoms with Crippen LogP contribution in [0.4, 0.5) is 0 Å². The normalized spacial score (nSPS) is 13.0. The first-order valence-electron chi connectivity index (χ1n) is 7.63. The van der Waals surface area contributed by atoms with Gasteiger partial charge in [-0.1, -0.05) is 11.6 Å². The Bertz CT molecular complexity index is 704. The van der Waals surface area contributed by atoms with E-state index in [9.17, 15) is 9.59 Å². The monoisotopic (exact) mass is 345 g/mol. The van der Waals surface area contributed by atoms with Gasteiger partial charge in [0.2, 0.25) is 5.91 Å². The number of pyridine rings is 1. The molecule has 1 N–H and O–H groups in total. The van der Waals surface area contributed by atoms with Gasteiger partial charge in [0.05, 0.1) is 6.04 Å². The van der Waals surface area contributed by atoms with Crippen LogP contribution in [-0.4, -0.2) is 34.8 Å². The van der Waals surface area contributed by atoms with E-state index in [-0.39, 0.29) is 17.9 Å². The van der Waals surface area contributed by atoms with Crippen molar-refractivity contribution < 1.29 is 9.59 Å². The lowest BCUT2D eigenvalue weighted by atomic mass is 10.1. The van der Waals surface area contributed by atoms with Gasteiger partial charge in [0.1, 0.15) is 6.04 Å². The smallest absolute Gasteiger partial charge is 0.251 e. The predicted octanol–water partition coefficient (Wildman–Crippen LogP) is 3.07. The summed E-state index contributed by atoms with van der Waals surface area (Å²) >= 11 is 5.81. The summed E-state index contributed by atoms with van der Waals surface area (Å²) < 4.78 is 0. The number of hydrogen-bond acceptors (Lipinski definition) is 3. The van der Waals surface area contributed by atoms with Crippen molar-refractivity contribution in [2.45, 2.75) is 25.9 Å². The molecule has 24 heavy (non-hydrogen) atoms. The van der Waals surface area contributed by atoms with Crippen LogP contribution in [0.25, 0.3) is 0 Å². The van der Waals surface area contributed by atoms with Gasteiger partial charge >= 0.3 is 0 Å². The Balaban J connectivity index is 2.00. The van der Waals surface area contributed by atoms with Crippen molar-refractivity contribution in [3.05, 3.63) is 64.9 Å². The van der Waals surface area contributed by atoms with Gasteiger partial charge in [-0.25, -0.2) is 0 Å². The Labute approximate surface area is 146 Å². The number of hydrogen-bond donors (Lipinski definition) is 1. The van der Waals surface area contributed by atoms with Crippen LogP contribution in [0.2, 0.25) is 5.02 Å². The number of likely N-dealkylation sites (N-methyl/N-ethyl adjacent to an activating group) is 1. The fourth-order valence-corrected chi connectivity index (χ4v) is 2.43. The average Bonchev–Trinajstić information content (AvgIpc) is 2.61. The van der Waals surface area contributed by atoms with Crippen molar-refractivity contribution in [3.8, 4) is 0 Å². The van der Waals surface area contributed by atoms with Crippen LogP contribution in [0.3, 0.4) is 0 Å². The van der Waals surface area contributed by atoms with Crippen molar-refractivity contribution in [1.82, 2.24) is 15.2 Å². The van der Waals surface area contributed by atoms with E-state index in [0.717, 1.165) is 5.56 Å². The number of aromatic nitrogens is 1. The SMILES string of the molecule is C[C@H](NC(=O)c1ccc(Cl)cc1)C(=O)N(C)[C@@H](C)c1ccncc1. The highest BCUT2D eigenvalue weighted by atomic mass is 35.5. The van der Waals surface area contributed by atoms with Crippen LogP contribution >= 0.6 is 11.6 Å². The third kappa shape index (κ3) is 4.32. The first-order valence-corrected chi connectivity index (χ1v) is 8.01. The van der Waals surface area contributed by atoms with Gasteiger partial charge in [-0.15, -0.1) is 0 Å². The van der Waals surface area contributed by atoms with Gasteiger partial charge in [-0.3, -0.25) is 14.6 Å². The molecule has 126 valence electrons. The summed E-state index contributed by atoms with van der Waals surface area (Å²) in [7, 11) is 1.72. The Kier molecular flexibility index (Phi) is 5.93. The van der Waals surface area contributed by atoms with Crippen LogP contribution < -0.4 is 5.32 Å². The van der Waals surface area contributed by atoms with Gasteiger partial charge < -0.3 is 10.2 Å². The second kappa shape index (κ2) is 7.93. The van der Waals surface area contributed by atoms with Crippen LogP contribution in [0.5, 0.6) is 0 Å². The Morgan fingerprint density at radius 1 is 1.08 bits per heavy atom. The van der Waals surface area contributed by atoms with Crippen molar-refractivity contribution in [2.24, 2.45) is 0 Å². The molecule has 2 rings (SSSR count). The third-order valence-electron chi connectivity index (χ3n) is 3.94. The molecular weight excluding hydrogens is 326 g/mol. The van der Waals surface area contributed by atoms with Gasteiger partial charge in [-0.2, -0.15) is 0 Å². The van der Waals surface area contributed by atoms with Crippen LogP contribution in [0.15, 0.2) is 48.8 Å². The van der Waals surface area contributed by atoms with E-state index < -0.39 is 6.04 Å². The molecule has 0 aliphatic carbocycles. The molecule has 6 heteroatoms. The maximum absolute atomic E-state index is 12.6. The Morgan fingerprint density at radius 2 is 1.67 bits per heavy atom. The largest absolute Gasteiger partial charge is 0.341 e. The molecule has 0 spiro atoms. The van der Waals surface area contributed by atoms with Crippen LogP contribution in [0, 0.1) is 0 Å². The summed E-state index contributed by atoms with van der Waals surface area (Å²) in [6, 6.07) is 9.51. The lowest BCUT2D eigenvalue weighted by molar-refractivity contribution is -0.133. The zero-order valence-corrected chi connectivity index (χ0v) is 14.6. The molecule has 1 heterocycles. The number of halogens is 1. The Morgan fingerprint density at radius 3 is 2.25 bits per heavy atom. The first kappa shape index (κ1) is 17.9. The maximum atomic E-state index is 12.6. The molecule has 0 saturated carbocycles. The molecule has 0 aliphatic rings. The van der Waals surface area contributed by atoms with Gasteiger partial charge in [-0.05, 0) is 55.8 Å². The van der Waals surface area contributed by atoms with Crippen molar-refractivity contribution >= 4 is 23.4 Å². The maximum Gasteiger partial charge on any atom is 0.251 e. The zero-order valence-electron chi connectivity index (χ0n) is 13.9. The number of carbonyl (C=O) groups excluding carboxylic acids is 2. The Hall–Kier alpha value is -2.40. The quantitative estimate of drug-likeness (QED) is 0.905. The summed E-state index contributed by atoms with van der Waals surface area (Å²) in [5, 5.41) is 3.27. The number of amides is 2. The predicted molar refractivity (Wildman–Crippen MR) is 93.8 cm³/mol. The van der Waals surface area contributed by atoms with Crippen molar-refractivity contribution in [3.63, 3.8) is 0 Å². The van der Waals surface area contributed by atoms with E-state index in [1.807, 2.05) is 19.1 Å². The second-order valence-electron chi connectivity index (χ2n) is 5.61. The molecule has 0 fully saturated rings. The molecule has 0 unspecified atom stereocenters. The average molecular weight is 346 g/mol. The van der Waals surface area contributed by atoms with Gasteiger partial charge in [0.25, 0.3) is 5.91 Å². The summed E-state index contributed by atoms with van der Waals surface area (Å²) in [6.07, 6.45) is 3.38. The minimum absolute atomic E-state index is 0.115. The summed E-state index contributed by atoms with van der Waals surface area (Å²) in [5.41, 5.74) is 1.45. The van der Waals surface area contributed by atoms with Crippen LogP contribution in [0.1, 0.15) is 35.8 Å². The highest BCUT2D eigenvalue weighted by molar-refractivity contribution is 6.30. The molecular formula is C18H20ClN3O2. The fourth-order valence-electron chi connectivity index (χ4n) is 2.30. The number of benzene rings is 1. The molecule has 5 nitrogen and oxygen atoms in total. The highest BCUT2D eigenvalue weighted by Gasteiger charge is 2.24. The number of carbonyl (C=O) groups is 2. The van der Waals surface area contributed by atoms with Crippen molar-refractivity contribution in [2.75, 3.05) is 7.05 Å². The zero-order chi connectivity index (χ0) is 17.7. The molecule has 0 bridgehead atoms. The molecule has 1 aromatic carbocycles. The van der Waals surface area contributed by atoms with Crippen molar-refractivity contribution in [1.29, 1.82) is 0 Å². The molecule has 0 saturated heterocycles.